The van der Waals surface area contributed by atoms with Gasteiger partial charge < -0.3 is 0 Å². The third-order valence-electron chi connectivity index (χ3n) is 1.62. The molecule has 0 amide bonds. The molecule has 6 heteroatoms. The number of isocyanates is 2. The minimum absolute atomic E-state index is 0.124. The van der Waals surface area contributed by atoms with Gasteiger partial charge in [-0.3, -0.25) is 0 Å². The zero-order valence-electron chi connectivity index (χ0n) is 7.33. The second kappa shape index (κ2) is 5.44. The summed E-state index contributed by atoms with van der Waals surface area (Å²) in [4.78, 5) is 27.0. The van der Waals surface area contributed by atoms with Gasteiger partial charge in [-0.15, -0.1) is 11.6 Å². The van der Waals surface area contributed by atoms with Crippen molar-refractivity contribution in [1.29, 1.82) is 0 Å². The van der Waals surface area contributed by atoms with Crippen molar-refractivity contribution in [2.75, 3.05) is 0 Å². The van der Waals surface area contributed by atoms with Gasteiger partial charge in [0.2, 0.25) is 12.2 Å². The molecule has 0 aliphatic heterocycles. The van der Waals surface area contributed by atoms with Crippen LogP contribution in [-0.2, 0) is 15.5 Å². The van der Waals surface area contributed by atoms with E-state index in [0.717, 1.165) is 0 Å². The second-order valence-electron chi connectivity index (χ2n) is 2.47. The third kappa shape index (κ3) is 2.75. The van der Waals surface area contributed by atoms with E-state index in [1.165, 1.54) is 24.3 Å². The van der Waals surface area contributed by atoms with Gasteiger partial charge in [0.25, 0.3) is 0 Å². The van der Waals surface area contributed by atoms with Crippen molar-refractivity contribution in [2.24, 2.45) is 9.98 Å². The smallest absolute Gasteiger partial charge is 0.211 e. The van der Waals surface area contributed by atoms with Gasteiger partial charge in [-0.1, -0.05) is 11.6 Å². The molecule has 0 aromatic heterocycles. The topological polar surface area (TPSA) is 58.9 Å². The Kier molecular flexibility index (Phi) is 4.22. The van der Waals surface area contributed by atoms with Crippen molar-refractivity contribution in [3.63, 3.8) is 0 Å². The van der Waals surface area contributed by atoms with Gasteiger partial charge in [0.05, 0.1) is 16.4 Å². The molecule has 0 bridgehead atoms. The molecule has 1 rings (SSSR count). The van der Waals surface area contributed by atoms with Crippen molar-refractivity contribution >= 4 is 46.7 Å². The fourth-order valence-corrected chi connectivity index (χ4v) is 1.40. The van der Waals surface area contributed by atoms with Gasteiger partial charge >= 0.3 is 0 Å². The Hall–Kier alpha value is -1.44. The van der Waals surface area contributed by atoms with Crippen LogP contribution >= 0.6 is 23.2 Å². The predicted octanol–water partition coefficient (Wildman–Crippen LogP) is 3.01. The fourth-order valence-electron chi connectivity index (χ4n) is 0.990. The van der Waals surface area contributed by atoms with E-state index in [1.807, 2.05) is 0 Å². The van der Waals surface area contributed by atoms with Gasteiger partial charge in [0.15, 0.2) is 0 Å². The van der Waals surface area contributed by atoms with Crippen LogP contribution in [-0.4, -0.2) is 12.2 Å². The Morgan fingerprint density at radius 1 is 1.13 bits per heavy atom. The zero-order valence-corrected chi connectivity index (χ0v) is 8.84. The Bertz CT molecular complexity index is 475. The first-order valence-corrected chi connectivity index (χ1v) is 4.68. The van der Waals surface area contributed by atoms with E-state index < -0.39 is 0 Å². The van der Waals surface area contributed by atoms with Crippen LogP contribution in [0.1, 0.15) is 5.56 Å². The molecule has 1 aromatic rings. The SMILES string of the molecule is O=C=Nc1cc(CCl)c(N=C=O)cc1Cl. The number of carbonyl (C=O) groups excluding carboxylic acids is 2. The van der Waals surface area contributed by atoms with Crippen molar-refractivity contribution in [2.45, 2.75) is 5.88 Å². The molecule has 15 heavy (non-hydrogen) atoms. The molecule has 0 atom stereocenters. The highest BCUT2D eigenvalue weighted by Crippen LogP contribution is 2.33. The molecule has 0 spiro atoms. The molecule has 76 valence electrons. The van der Waals surface area contributed by atoms with Crippen LogP contribution < -0.4 is 0 Å². The van der Waals surface area contributed by atoms with Gasteiger partial charge in [-0.2, -0.15) is 9.98 Å². The molecule has 0 unspecified atom stereocenters. The number of nitrogens with zero attached hydrogens (tertiary/aromatic N) is 2. The number of hydrogen-bond donors (Lipinski definition) is 0. The summed E-state index contributed by atoms with van der Waals surface area (Å²) in [6.07, 6.45) is 2.75. The summed E-state index contributed by atoms with van der Waals surface area (Å²) < 4.78 is 0. The molecule has 4 nitrogen and oxygen atoms in total. The van der Waals surface area contributed by atoms with Crippen molar-refractivity contribution in [3.8, 4) is 0 Å². The lowest BCUT2D eigenvalue weighted by Crippen LogP contribution is -1.80. The largest absolute Gasteiger partial charge is 0.240 e. The lowest BCUT2D eigenvalue weighted by Gasteiger charge is -2.03. The van der Waals surface area contributed by atoms with Crippen LogP contribution in [0.5, 0.6) is 0 Å². The summed E-state index contributed by atoms with van der Waals surface area (Å²) in [6.45, 7) is 0. The first-order valence-electron chi connectivity index (χ1n) is 3.77. The van der Waals surface area contributed by atoms with Gasteiger partial charge in [0.1, 0.15) is 0 Å². The Morgan fingerprint density at radius 3 is 2.27 bits per heavy atom. The summed E-state index contributed by atoms with van der Waals surface area (Å²) >= 11 is 11.4. The summed E-state index contributed by atoms with van der Waals surface area (Å²) in [7, 11) is 0. The van der Waals surface area contributed by atoms with E-state index in [9.17, 15) is 9.59 Å². The first kappa shape index (κ1) is 11.6. The zero-order chi connectivity index (χ0) is 11.3. The summed E-state index contributed by atoms with van der Waals surface area (Å²) in [5, 5.41) is 0.196. The average Bonchev–Trinajstić information content (AvgIpc) is 2.22. The lowest BCUT2D eigenvalue weighted by molar-refractivity contribution is 0.564. The number of halogens is 2. The molecule has 0 fully saturated rings. The minimum Gasteiger partial charge on any atom is -0.211 e. The van der Waals surface area contributed by atoms with E-state index in [-0.39, 0.29) is 16.6 Å². The number of benzene rings is 1. The molecule has 0 aliphatic carbocycles. The summed E-state index contributed by atoms with van der Waals surface area (Å²) in [5.41, 5.74) is 1.10. The number of aliphatic imine (C=N–C) groups is 2. The van der Waals surface area contributed by atoms with Gasteiger partial charge in [0, 0.05) is 5.88 Å². The van der Waals surface area contributed by atoms with Crippen LogP contribution in [0, 0.1) is 0 Å². The maximum absolute atomic E-state index is 10.1. The normalized spacial score (nSPS) is 8.93. The van der Waals surface area contributed by atoms with Gasteiger partial charge in [-0.25, -0.2) is 9.59 Å². The first-order chi connectivity index (χ1) is 7.22. The summed E-state index contributed by atoms with van der Waals surface area (Å²) in [6, 6.07) is 2.86. The molecular formula is C9H4Cl2N2O2. The number of rotatable bonds is 3. The van der Waals surface area contributed by atoms with E-state index in [1.54, 1.807) is 0 Å². The predicted molar refractivity (Wildman–Crippen MR) is 56.6 cm³/mol. The molecule has 0 saturated heterocycles. The standard InChI is InChI=1S/C9H4Cl2N2O2/c10-3-6-1-9(13-5-15)7(11)2-8(6)12-4-14/h1-2H,3H2. The maximum Gasteiger partial charge on any atom is 0.240 e. The molecule has 0 radical (unpaired) electrons. The maximum atomic E-state index is 10.1. The molecule has 0 heterocycles. The molecule has 1 aromatic carbocycles. The molecular weight excluding hydrogens is 239 g/mol. The van der Waals surface area contributed by atoms with Crippen LogP contribution in [0.25, 0.3) is 0 Å². The average molecular weight is 243 g/mol. The monoisotopic (exact) mass is 242 g/mol. The quantitative estimate of drug-likeness (QED) is 0.465. The summed E-state index contributed by atoms with van der Waals surface area (Å²) in [5.74, 6) is 0.124. The molecule has 0 aliphatic rings. The van der Waals surface area contributed by atoms with Crippen molar-refractivity contribution < 1.29 is 9.59 Å². The van der Waals surface area contributed by atoms with E-state index in [2.05, 4.69) is 9.98 Å². The third-order valence-corrected chi connectivity index (χ3v) is 2.21. The van der Waals surface area contributed by atoms with E-state index in [0.29, 0.717) is 11.3 Å². The van der Waals surface area contributed by atoms with Crippen LogP contribution in [0.3, 0.4) is 0 Å². The minimum atomic E-state index is 0.124. The van der Waals surface area contributed by atoms with Gasteiger partial charge in [-0.05, 0) is 17.7 Å². The molecule has 0 N–H and O–H groups in total. The lowest BCUT2D eigenvalue weighted by atomic mass is 10.2. The van der Waals surface area contributed by atoms with Crippen LogP contribution in [0.2, 0.25) is 5.02 Å². The Labute approximate surface area is 95.2 Å². The molecule has 0 saturated carbocycles. The van der Waals surface area contributed by atoms with Crippen LogP contribution in [0.4, 0.5) is 11.4 Å². The van der Waals surface area contributed by atoms with Crippen LogP contribution in [0.15, 0.2) is 22.1 Å². The Balaban J connectivity index is 3.40. The number of alkyl halides is 1. The number of hydrogen-bond acceptors (Lipinski definition) is 4. The van der Waals surface area contributed by atoms with E-state index >= 15 is 0 Å². The highest BCUT2D eigenvalue weighted by molar-refractivity contribution is 6.33. The highest BCUT2D eigenvalue weighted by atomic mass is 35.5. The van der Waals surface area contributed by atoms with Crippen molar-refractivity contribution in [1.82, 2.24) is 0 Å². The highest BCUT2D eigenvalue weighted by Gasteiger charge is 2.07. The fraction of sp³-hybridized carbons (Fsp3) is 0.111. The second-order valence-corrected chi connectivity index (χ2v) is 3.15. The Morgan fingerprint density at radius 2 is 1.73 bits per heavy atom. The van der Waals surface area contributed by atoms with Crippen molar-refractivity contribution in [3.05, 3.63) is 22.7 Å². The van der Waals surface area contributed by atoms with E-state index in [4.69, 9.17) is 23.2 Å².